The van der Waals surface area contributed by atoms with E-state index >= 15 is 0 Å². The molecular weight excluding hydrogens is 294 g/mol. The van der Waals surface area contributed by atoms with Crippen LogP contribution < -0.4 is 0 Å². The van der Waals surface area contributed by atoms with Crippen LogP contribution in [0.4, 0.5) is 0 Å². The van der Waals surface area contributed by atoms with Crippen LogP contribution in [0.15, 0.2) is 54.6 Å². The molecule has 2 aromatic carbocycles. The largest absolute Gasteiger partial charge is 0.508 e. The summed E-state index contributed by atoms with van der Waals surface area (Å²) in [7, 11) is 0. The van der Waals surface area contributed by atoms with E-state index in [-0.39, 0.29) is 0 Å². The van der Waals surface area contributed by atoms with E-state index < -0.39 is 0 Å². The zero-order valence-corrected chi connectivity index (χ0v) is 15.9. The number of benzene rings is 2. The Balaban J connectivity index is 0.000000400. The van der Waals surface area contributed by atoms with Crippen molar-refractivity contribution in [2.45, 2.75) is 59.5 Å². The molecule has 132 valence electrons. The first-order chi connectivity index (χ1) is 11.4. The standard InChI is InChI=1S/C16H27NO.C6H6/c1-12(2)17(13(3)4)10-6-7-15-11-14(5)8-9-16(15)18;1-2-4-6-5-3-1/h8-9,11-13,18H,6-7,10H2,1-5H3;1-6H. The van der Waals surface area contributed by atoms with Gasteiger partial charge in [0.05, 0.1) is 0 Å². The van der Waals surface area contributed by atoms with E-state index in [1.54, 1.807) is 6.07 Å². The van der Waals surface area contributed by atoms with Crippen LogP contribution in [-0.4, -0.2) is 28.6 Å². The molecular formula is C22H33NO. The van der Waals surface area contributed by atoms with E-state index in [4.69, 9.17) is 0 Å². The van der Waals surface area contributed by atoms with Crippen LogP contribution in [0.25, 0.3) is 0 Å². The molecule has 0 aliphatic carbocycles. The highest BCUT2D eigenvalue weighted by molar-refractivity contribution is 5.35. The molecule has 0 amide bonds. The highest BCUT2D eigenvalue weighted by atomic mass is 16.3. The predicted molar refractivity (Wildman–Crippen MR) is 105 cm³/mol. The van der Waals surface area contributed by atoms with Crippen molar-refractivity contribution in [3.05, 3.63) is 65.7 Å². The van der Waals surface area contributed by atoms with Gasteiger partial charge in [0.25, 0.3) is 0 Å². The lowest BCUT2D eigenvalue weighted by Gasteiger charge is -2.30. The third-order valence-corrected chi connectivity index (χ3v) is 4.09. The Labute approximate surface area is 148 Å². The van der Waals surface area contributed by atoms with Crippen LogP contribution in [0, 0.1) is 6.92 Å². The average molecular weight is 328 g/mol. The van der Waals surface area contributed by atoms with E-state index in [2.05, 4.69) is 45.6 Å². The van der Waals surface area contributed by atoms with Crippen molar-refractivity contribution in [1.82, 2.24) is 4.90 Å². The molecule has 0 atom stereocenters. The summed E-state index contributed by atoms with van der Waals surface area (Å²) in [5, 5.41) is 9.80. The van der Waals surface area contributed by atoms with Crippen LogP contribution >= 0.6 is 0 Å². The lowest BCUT2D eigenvalue weighted by atomic mass is 10.0. The van der Waals surface area contributed by atoms with Gasteiger partial charge in [-0.15, -0.1) is 0 Å². The molecule has 0 aliphatic rings. The van der Waals surface area contributed by atoms with Crippen LogP contribution in [0.2, 0.25) is 0 Å². The summed E-state index contributed by atoms with van der Waals surface area (Å²) in [4.78, 5) is 2.49. The molecule has 0 spiro atoms. The van der Waals surface area contributed by atoms with E-state index in [0.29, 0.717) is 17.8 Å². The molecule has 2 rings (SSSR count). The Hall–Kier alpha value is -1.80. The number of nitrogens with zero attached hydrogens (tertiary/aromatic N) is 1. The molecule has 2 nitrogen and oxygen atoms in total. The topological polar surface area (TPSA) is 23.5 Å². The van der Waals surface area contributed by atoms with E-state index in [1.165, 1.54) is 5.56 Å². The number of rotatable bonds is 6. The Morgan fingerprint density at radius 1 is 0.875 bits per heavy atom. The normalized spacial score (nSPS) is 10.8. The zero-order chi connectivity index (χ0) is 17.9. The summed E-state index contributed by atoms with van der Waals surface area (Å²) in [5.41, 5.74) is 2.29. The summed E-state index contributed by atoms with van der Waals surface area (Å²) in [6.07, 6.45) is 2.04. The second kappa shape index (κ2) is 10.9. The Morgan fingerprint density at radius 2 is 1.38 bits per heavy atom. The zero-order valence-electron chi connectivity index (χ0n) is 15.9. The summed E-state index contributed by atoms with van der Waals surface area (Å²) in [5.74, 6) is 0.432. The summed E-state index contributed by atoms with van der Waals surface area (Å²) in [6, 6.07) is 19.0. The number of hydrogen-bond acceptors (Lipinski definition) is 2. The van der Waals surface area contributed by atoms with Gasteiger partial charge in [-0.3, -0.25) is 4.90 Å². The predicted octanol–water partition coefficient (Wildman–Crippen LogP) is 5.44. The van der Waals surface area contributed by atoms with Gasteiger partial charge in [0.2, 0.25) is 0 Å². The number of hydrogen-bond donors (Lipinski definition) is 1. The first kappa shape index (κ1) is 20.2. The van der Waals surface area contributed by atoms with Gasteiger partial charge in [-0.05, 0) is 65.6 Å². The van der Waals surface area contributed by atoms with Gasteiger partial charge in [0.15, 0.2) is 0 Å². The Morgan fingerprint density at radius 3 is 1.83 bits per heavy atom. The van der Waals surface area contributed by atoms with Crippen molar-refractivity contribution in [1.29, 1.82) is 0 Å². The van der Waals surface area contributed by atoms with Crippen LogP contribution in [-0.2, 0) is 6.42 Å². The third-order valence-electron chi connectivity index (χ3n) is 4.09. The number of phenols is 1. The lowest BCUT2D eigenvalue weighted by Crippen LogP contribution is -2.37. The van der Waals surface area contributed by atoms with E-state index in [9.17, 15) is 5.11 Å². The summed E-state index contributed by atoms with van der Waals surface area (Å²) >= 11 is 0. The van der Waals surface area contributed by atoms with Crippen molar-refractivity contribution >= 4 is 0 Å². The van der Waals surface area contributed by atoms with Gasteiger partial charge in [0.1, 0.15) is 5.75 Å². The molecule has 0 fully saturated rings. The number of aryl methyl sites for hydroxylation is 2. The first-order valence-electron chi connectivity index (χ1n) is 8.96. The number of phenolic OH excluding ortho intramolecular Hbond substituents is 1. The van der Waals surface area contributed by atoms with Crippen molar-refractivity contribution in [2.75, 3.05) is 6.54 Å². The van der Waals surface area contributed by atoms with Crippen molar-refractivity contribution in [2.24, 2.45) is 0 Å². The van der Waals surface area contributed by atoms with Gasteiger partial charge in [-0.25, -0.2) is 0 Å². The molecule has 0 unspecified atom stereocenters. The lowest BCUT2D eigenvalue weighted by molar-refractivity contribution is 0.173. The van der Waals surface area contributed by atoms with Crippen LogP contribution in [0.5, 0.6) is 5.75 Å². The van der Waals surface area contributed by atoms with Crippen molar-refractivity contribution < 1.29 is 5.11 Å². The minimum absolute atomic E-state index is 0.432. The van der Waals surface area contributed by atoms with Crippen molar-refractivity contribution in [3.63, 3.8) is 0 Å². The Kier molecular flexibility index (Phi) is 9.18. The SMILES string of the molecule is Cc1ccc(O)c(CCCN(C(C)C)C(C)C)c1.c1ccccc1. The average Bonchev–Trinajstić information content (AvgIpc) is 2.56. The fourth-order valence-electron chi connectivity index (χ4n) is 2.86. The van der Waals surface area contributed by atoms with E-state index in [0.717, 1.165) is 24.9 Å². The molecule has 24 heavy (non-hydrogen) atoms. The van der Waals surface area contributed by atoms with Gasteiger partial charge < -0.3 is 5.11 Å². The highest BCUT2D eigenvalue weighted by Gasteiger charge is 2.12. The second-order valence-corrected chi connectivity index (χ2v) is 6.82. The maximum Gasteiger partial charge on any atom is 0.118 e. The minimum Gasteiger partial charge on any atom is -0.508 e. The Bertz CT molecular complexity index is 529. The molecule has 1 N–H and O–H groups in total. The maximum absolute atomic E-state index is 9.80. The molecule has 0 aliphatic heterocycles. The molecule has 2 aromatic rings. The fraction of sp³-hybridized carbons (Fsp3) is 0.455. The quantitative estimate of drug-likeness (QED) is 0.764. The molecule has 2 heteroatoms. The summed E-state index contributed by atoms with van der Waals surface area (Å²) < 4.78 is 0. The van der Waals surface area contributed by atoms with Gasteiger partial charge in [-0.1, -0.05) is 54.1 Å². The maximum atomic E-state index is 9.80. The second-order valence-electron chi connectivity index (χ2n) is 6.82. The van der Waals surface area contributed by atoms with Gasteiger partial charge in [0, 0.05) is 12.1 Å². The molecule has 0 heterocycles. The molecule has 0 radical (unpaired) electrons. The minimum atomic E-state index is 0.432. The van der Waals surface area contributed by atoms with Gasteiger partial charge in [-0.2, -0.15) is 0 Å². The van der Waals surface area contributed by atoms with Gasteiger partial charge >= 0.3 is 0 Å². The molecule has 0 aromatic heterocycles. The molecule has 0 bridgehead atoms. The number of aromatic hydroxyl groups is 1. The smallest absolute Gasteiger partial charge is 0.118 e. The highest BCUT2D eigenvalue weighted by Crippen LogP contribution is 2.20. The molecule has 0 saturated heterocycles. The van der Waals surface area contributed by atoms with Crippen LogP contribution in [0.1, 0.15) is 45.2 Å². The first-order valence-corrected chi connectivity index (χ1v) is 8.96. The van der Waals surface area contributed by atoms with E-state index in [1.807, 2.05) is 42.5 Å². The monoisotopic (exact) mass is 327 g/mol. The summed E-state index contributed by atoms with van der Waals surface area (Å²) in [6.45, 7) is 12.1. The molecule has 0 saturated carbocycles. The van der Waals surface area contributed by atoms with Crippen LogP contribution in [0.3, 0.4) is 0 Å². The fourth-order valence-corrected chi connectivity index (χ4v) is 2.86. The third kappa shape index (κ3) is 7.65. The van der Waals surface area contributed by atoms with Crippen molar-refractivity contribution in [3.8, 4) is 5.75 Å².